The predicted molar refractivity (Wildman–Crippen MR) is 82.0 cm³/mol. The minimum absolute atomic E-state index is 0.0534. The number of aryl methyl sites for hydroxylation is 1. The monoisotopic (exact) mass is 306 g/mol. The molecule has 2 rings (SSSR count). The summed E-state index contributed by atoms with van der Waals surface area (Å²) < 4.78 is 10.7. The van der Waals surface area contributed by atoms with Crippen LogP contribution in [0.2, 0.25) is 0 Å². The maximum atomic E-state index is 11.9. The van der Waals surface area contributed by atoms with Crippen molar-refractivity contribution >= 4 is 11.8 Å². The van der Waals surface area contributed by atoms with Gasteiger partial charge in [0.2, 0.25) is 5.91 Å². The molecule has 0 spiro atoms. The highest BCUT2D eigenvalue weighted by molar-refractivity contribution is 5.81. The Morgan fingerprint density at radius 3 is 2.86 bits per heavy atom. The van der Waals surface area contributed by atoms with Crippen LogP contribution in [0.3, 0.4) is 0 Å². The lowest BCUT2D eigenvalue weighted by molar-refractivity contribution is -0.133. The summed E-state index contributed by atoms with van der Waals surface area (Å²) in [6.07, 6.45) is 1.11. The molecule has 1 atom stereocenters. The largest absolute Gasteiger partial charge is 0.493 e. The Labute approximate surface area is 130 Å². The van der Waals surface area contributed by atoms with E-state index < -0.39 is 0 Å². The van der Waals surface area contributed by atoms with E-state index in [9.17, 15) is 9.59 Å². The van der Waals surface area contributed by atoms with Gasteiger partial charge in [-0.15, -0.1) is 0 Å². The lowest BCUT2D eigenvalue weighted by Crippen LogP contribution is -2.47. The highest BCUT2D eigenvalue weighted by Gasteiger charge is 2.24. The Balaban J connectivity index is 1.84. The Morgan fingerprint density at radius 2 is 2.18 bits per heavy atom. The van der Waals surface area contributed by atoms with Gasteiger partial charge in [0, 0.05) is 26.1 Å². The van der Waals surface area contributed by atoms with E-state index in [1.54, 1.807) is 25.1 Å². The zero-order valence-electron chi connectivity index (χ0n) is 13.2. The van der Waals surface area contributed by atoms with Crippen LogP contribution < -0.4 is 14.8 Å². The van der Waals surface area contributed by atoms with E-state index in [1.165, 1.54) is 0 Å². The van der Waals surface area contributed by atoms with Crippen molar-refractivity contribution in [2.24, 2.45) is 0 Å². The van der Waals surface area contributed by atoms with E-state index in [1.807, 2.05) is 19.1 Å². The van der Waals surface area contributed by atoms with Gasteiger partial charge in [-0.3, -0.25) is 9.59 Å². The predicted octanol–water partition coefficient (Wildman–Crippen LogP) is 1.12. The van der Waals surface area contributed by atoms with Crippen LogP contribution in [-0.2, 0) is 9.59 Å². The number of benzene rings is 1. The summed E-state index contributed by atoms with van der Waals surface area (Å²) in [5, 5.41) is 2.84. The zero-order chi connectivity index (χ0) is 16.1. The number of methoxy groups -OCH3 is 1. The van der Waals surface area contributed by atoms with Crippen molar-refractivity contribution in [2.45, 2.75) is 25.8 Å². The summed E-state index contributed by atoms with van der Waals surface area (Å²) in [6.45, 7) is 2.52. The van der Waals surface area contributed by atoms with Crippen molar-refractivity contribution in [1.82, 2.24) is 10.2 Å². The second-order valence-electron chi connectivity index (χ2n) is 5.52. The molecule has 0 aliphatic carbocycles. The number of hydrogen-bond donors (Lipinski definition) is 1. The van der Waals surface area contributed by atoms with Gasteiger partial charge in [-0.2, -0.15) is 0 Å². The van der Waals surface area contributed by atoms with Gasteiger partial charge < -0.3 is 19.7 Å². The first-order chi connectivity index (χ1) is 10.5. The van der Waals surface area contributed by atoms with Crippen LogP contribution in [0, 0.1) is 6.92 Å². The number of nitrogens with zero attached hydrogens (tertiary/aromatic N) is 1. The smallest absolute Gasteiger partial charge is 0.258 e. The summed E-state index contributed by atoms with van der Waals surface area (Å²) >= 11 is 0. The van der Waals surface area contributed by atoms with E-state index in [4.69, 9.17) is 9.47 Å². The average molecular weight is 306 g/mol. The first kappa shape index (κ1) is 16.1. The molecule has 0 radical (unpaired) electrons. The van der Waals surface area contributed by atoms with Gasteiger partial charge in [-0.05, 0) is 31.0 Å². The topological polar surface area (TPSA) is 67.9 Å². The number of piperidine rings is 1. The maximum absolute atomic E-state index is 11.9. The Kier molecular flexibility index (Phi) is 5.25. The number of hydrogen-bond acceptors (Lipinski definition) is 4. The number of likely N-dealkylation sites (tertiary alicyclic amines) is 1. The van der Waals surface area contributed by atoms with E-state index in [0.29, 0.717) is 24.5 Å². The number of amides is 2. The van der Waals surface area contributed by atoms with Crippen LogP contribution in [0.5, 0.6) is 11.5 Å². The minimum Gasteiger partial charge on any atom is -0.493 e. The van der Waals surface area contributed by atoms with Gasteiger partial charge in [-0.1, -0.05) is 6.07 Å². The van der Waals surface area contributed by atoms with Crippen molar-refractivity contribution < 1.29 is 19.1 Å². The fourth-order valence-electron chi connectivity index (χ4n) is 2.37. The molecule has 1 fully saturated rings. The maximum Gasteiger partial charge on any atom is 0.258 e. The van der Waals surface area contributed by atoms with Gasteiger partial charge in [0.25, 0.3) is 5.91 Å². The molecule has 1 saturated heterocycles. The second kappa shape index (κ2) is 7.15. The van der Waals surface area contributed by atoms with Gasteiger partial charge in [0.1, 0.15) is 0 Å². The van der Waals surface area contributed by atoms with Crippen LogP contribution in [0.25, 0.3) is 0 Å². The number of ether oxygens (including phenoxy) is 2. The molecular formula is C16H22N2O4. The lowest BCUT2D eigenvalue weighted by Gasteiger charge is -2.29. The number of rotatable bonds is 5. The van der Waals surface area contributed by atoms with E-state index >= 15 is 0 Å². The fraction of sp³-hybridized carbons (Fsp3) is 0.500. The molecule has 120 valence electrons. The zero-order valence-corrected chi connectivity index (χ0v) is 13.2. The molecule has 0 aromatic heterocycles. The second-order valence-corrected chi connectivity index (χ2v) is 5.52. The van der Waals surface area contributed by atoms with Gasteiger partial charge in [-0.25, -0.2) is 0 Å². The summed E-state index contributed by atoms with van der Waals surface area (Å²) in [6, 6.07) is 5.41. The van der Waals surface area contributed by atoms with Crippen LogP contribution in [0.1, 0.15) is 18.4 Å². The van der Waals surface area contributed by atoms with E-state index in [0.717, 1.165) is 12.0 Å². The molecule has 1 heterocycles. The molecule has 2 amide bonds. The number of carbonyl (C=O) groups excluding carboxylic acids is 2. The molecule has 1 aliphatic heterocycles. The first-order valence-electron chi connectivity index (χ1n) is 7.30. The summed E-state index contributed by atoms with van der Waals surface area (Å²) in [5.41, 5.74) is 1.05. The molecule has 1 aromatic rings. The summed E-state index contributed by atoms with van der Waals surface area (Å²) in [7, 11) is 3.33. The van der Waals surface area contributed by atoms with Gasteiger partial charge in [0.05, 0.1) is 7.11 Å². The normalized spacial score (nSPS) is 18.0. The van der Waals surface area contributed by atoms with Crippen molar-refractivity contribution in [3.05, 3.63) is 23.8 Å². The molecule has 6 nitrogen and oxygen atoms in total. The molecule has 0 bridgehead atoms. The fourth-order valence-corrected chi connectivity index (χ4v) is 2.37. The third-order valence-corrected chi connectivity index (χ3v) is 3.70. The van der Waals surface area contributed by atoms with Gasteiger partial charge in [0.15, 0.2) is 18.1 Å². The molecule has 0 unspecified atom stereocenters. The molecule has 1 aromatic carbocycles. The standard InChI is InChI=1S/C16H22N2O4/c1-11-4-5-13(14(8-11)21-3)22-10-15(19)17-12-6-7-18(2)16(20)9-12/h4-5,8,12H,6-7,9-10H2,1-3H3,(H,17,19)/t12-/m1/s1. The minimum atomic E-state index is -0.231. The summed E-state index contributed by atoms with van der Waals surface area (Å²) in [5.74, 6) is 0.952. The van der Waals surface area contributed by atoms with E-state index in [-0.39, 0.29) is 24.5 Å². The SMILES string of the molecule is COc1cc(C)ccc1OCC(=O)N[C@@H]1CCN(C)C(=O)C1. The number of carbonyl (C=O) groups is 2. The van der Waals surface area contributed by atoms with Crippen molar-refractivity contribution in [3.8, 4) is 11.5 Å². The van der Waals surface area contributed by atoms with Gasteiger partial charge >= 0.3 is 0 Å². The van der Waals surface area contributed by atoms with Crippen LogP contribution in [0.4, 0.5) is 0 Å². The number of nitrogens with one attached hydrogen (secondary N) is 1. The van der Waals surface area contributed by atoms with Crippen molar-refractivity contribution in [3.63, 3.8) is 0 Å². The molecular weight excluding hydrogens is 284 g/mol. The molecule has 22 heavy (non-hydrogen) atoms. The first-order valence-corrected chi connectivity index (χ1v) is 7.30. The molecule has 1 aliphatic rings. The Bertz CT molecular complexity index is 559. The Morgan fingerprint density at radius 1 is 1.41 bits per heavy atom. The molecule has 0 saturated carbocycles. The Hall–Kier alpha value is -2.24. The highest BCUT2D eigenvalue weighted by atomic mass is 16.5. The van der Waals surface area contributed by atoms with E-state index in [2.05, 4.69) is 5.32 Å². The van der Waals surface area contributed by atoms with Crippen LogP contribution >= 0.6 is 0 Å². The summed E-state index contributed by atoms with van der Waals surface area (Å²) in [4.78, 5) is 25.2. The third kappa shape index (κ3) is 4.13. The molecule has 6 heteroatoms. The lowest BCUT2D eigenvalue weighted by atomic mass is 10.1. The van der Waals surface area contributed by atoms with Crippen molar-refractivity contribution in [1.29, 1.82) is 0 Å². The van der Waals surface area contributed by atoms with Crippen LogP contribution in [-0.4, -0.2) is 50.1 Å². The quantitative estimate of drug-likeness (QED) is 0.885. The average Bonchev–Trinajstić information content (AvgIpc) is 2.49. The highest BCUT2D eigenvalue weighted by Crippen LogP contribution is 2.27. The third-order valence-electron chi connectivity index (χ3n) is 3.70. The van der Waals surface area contributed by atoms with Crippen molar-refractivity contribution in [2.75, 3.05) is 27.3 Å². The van der Waals surface area contributed by atoms with Crippen LogP contribution in [0.15, 0.2) is 18.2 Å². The molecule has 1 N–H and O–H groups in total.